The maximum atomic E-state index is 13.5. The number of carbonyl (C=O) groups is 2. The number of carboxylic acid groups (broad SMARTS) is 1. The Kier molecular flexibility index (Phi) is 8.37. The van der Waals surface area contributed by atoms with Crippen molar-refractivity contribution in [2.45, 2.75) is 45.2 Å². The summed E-state index contributed by atoms with van der Waals surface area (Å²) in [4.78, 5) is 26.6. The van der Waals surface area contributed by atoms with Gasteiger partial charge in [0.1, 0.15) is 11.3 Å². The van der Waals surface area contributed by atoms with Crippen LogP contribution in [-0.2, 0) is 11.2 Å². The first kappa shape index (κ1) is 26.8. The molecule has 3 N–H and O–H groups in total. The van der Waals surface area contributed by atoms with Crippen LogP contribution in [0.2, 0.25) is 0 Å². The fourth-order valence-electron chi connectivity index (χ4n) is 4.26. The van der Waals surface area contributed by atoms with Crippen LogP contribution in [0.5, 0.6) is 5.75 Å². The van der Waals surface area contributed by atoms with E-state index in [2.05, 4.69) is 5.32 Å². The summed E-state index contributed by atoms with van der Waals surface area (Å²) in [6.45, 7) is 6.23. The van der Waals surface area contributed by atoms with Crippen LogP contribution in [0.1, 0.15) is 33.3 Å². The Morgan fingerprint density at radius 1 is 0.917 bits per heavy atom. The molecule has 0 aliphatic carbocycles. The summed E-state index contributed by atoms with van der Waals surface area (Å²) in [5, 5.41) is 22.9. The monoisotopic (exact) mass is 490 g/mol. The molecular weight excluding hydrogens is 456 g/mol. The highest BCUT2D eigenvalue weighted by Gasteiger charge is 2.47. The van der Waals surface area contributed by atoms with Crippen molar-refractivity contribution in [2.75, 3.05) is 18.5 Å². The molecule has 190 valence electrons. The molecule has 0 fully saturated rings. The molecule has 0 aliphatic heterocycles. The van der Waals surface area contributed by atoms with Gasteiger partial charge in [0.2, 0.25) is 0 Å². The van der Waals surface area contributed by atoms with Crippen molar-refractivity contribution in [3.8, 4) is 16.9 Å². The molecule has 0 spiro atoms. The highest BCUT2D eigenvalue weighted by atomic mass is 16.5. The van der Waals surface area contributed by atoms with Gasteiger partial charge in [-0.25, -0.2) is 4.79 Å². The first-order valence-corrected chi connectivity index (χ1v) is 11.9. The standard InChI is InChI=1S/C29H34N2O5/c1-28(2,3)31(27(34)35)29(4,20-32)26(33)30-25-19-23(36-18-17-21-11-7-5-8-12-21)15-16-24(25)22-13-9-6-10-14-22/h5-16,19,32H,17-18,20H2,1-4H3,(H,30,33)(H,34,35)/t29-/m0/s1. The number of aliphatic hydroxyl groups excluding tert-OH is 1. The van der Waals surface area contributed by atoms with Gasteiger partial charge in [0, 0.05) is 23.6 Å². The number of aliphatic hydroxyl groups is 1. The third-order valence-corrected chi connectivity index (χ3v) is 5.98. The summed E-state index contributed by atoms with van der Waals surface area (Å²) in [5.41, 5.74) is 0.592. The minimum atomic E-state index is -1.72. The minimum absolute atomic E-state index is 0.452. The van der Waals surface area contributed by atoms with Gasteiger partial charge in [-0.15, -0.1) is 0 Å². The summed E-state index contributed by atoms with van der Waals surface area (Å²) >= 11 is 0. The van der Waals surface area contributed by atoms with Gasteiger partial charge in [0.15, 0.2) is 0 Å². The SMILES string of the molecule is CC(C)(C)N(C(=O)O)[C@@](C)(CO)C(=O)Nc1cc(OCCc2ccccc2)ccc1-c1ccccc1. The van der Waals surface area contributed by atoms with E-state index < -0.39 is 29.7 Å². The van der Waals surface area contributed by atoms with Gasteiger partial charge in [-0.2, -0.15) is 0 Å². The molecule has 7 heteroatoms. The fourth-order valence-corrected chi connectivity index (χ4v) is 4.26. The molecule has 0 saturated heterocycles. The van der Waals surface area contributed by atoms with Crippen LogP contribution in [0.4, 0.5) is 10.5 Å². The second kappa shape index (κ2) is 11.3. The Hall–Kier alpha value is -3.84. The topological polar surface area (TPSA) is 99.1 Å². The molecule has 0 bridgehead atoms. The lowest BCUT2D eigenvalue weighted by Crippen LogP contribution is -2.65. The lowest BCUT2D eigenvalue weighted by atomic mass is 9.92. The Balaban J connectivity index is 1.92. The molecule has 0 saturated carbocycles. The summed E-state index contributed by atoms with van der Waals surface area (Å²) in [5.74, 6) is -0.0709. The molecule has 2 amide bonds. The van der Waals surface area contributed by atoms with Crippen molar-refractivity contribution in [1.29, 1.82) is 0 Å². The zero-order chi connectivity index (χ0) is 26.3. The molecular formula is C29H34N2O5. The molecule has 7 nitrogen and oxygen atoms in total. The average molecular weight is 491 g/mol. The van der Waals surface area contributed by atoms with Crippen LogP contribution in [0.3, 0.4) is 0 Å². The van der Waals surface area contributed by atoms with E-state index in [-0.39, 0.29) is 0 Å². The van der Waals surface area contributed by atoms with Gasteiger partial charge in [0.25, 0.3) is 5.91 Å². The maximum absolute atomic E-state index is 13.5. The predicted octanol–water partition coefficient (Wildman–Crippen LogP) is 5.44. The van der Waals surface area contributed by atoms with Gasteiger partial charge in [-0.1, -0.05) is 60.7 Å². The van der Waals surface area contributed by atoms with Gasteiger partial charge in [-0.05, 0) is 51.0 Å². The number of nitrogens with one attached hydrogen (secondary N) is 1. The number of carbonyl (C=O) groups excluding carboxylic acids is 1. The van der Waals surface area contributed by atoms with E-state index >= 15 is 0 Å². The highest BCUT2D eigenvalue weighted by molar-refractivity contribution is 6.02. The average Bonchev–Trinajstić information content (AvgIpc) is 2.84. The lowest BCUT2D eigenvalue weighted by Gasteiger charge is -2.44. The molecule has 0 unspecified atom stereocenters. The predicted molar refractivity (Wildman–Crippen MR) is 141 cm³/mol. The number of amides is 2. The molecule has 0 radical (unpaired) electrons. The normalized spacial score (nSPS) is 12.9. The van der Waals surface area contributed by atoms with Gasteiger partial charge < -0.3 is 20.3 Å². The zero-order valence-electron chi connectivity index (χ0n) is 21.2. The zero-order valence-corrected chi connectivity index (χ0v) is 21.2. The molecule has 3 rings (SSSR count). The van der Waals surface area contributed by atoms with Crippen LogP contribution < -0.4 is 10.1 Å². The smallest absolute Gasteiger partial charge is 0.408 e. The summed E-state index contributed by atoms with van der Waals surface area (Å²) in [7, 11) is 0. The molecule has 36 heavy (non-hydrogen) atoms. The number of benzene rings is 3. The van der Waals surface area contributed by atoms with Crippen molar-refractivity contribution in [3.05, 3.63) is 84.4 Å². The fraction of sp³-hybridized carbons (Fsp3) is 0.310. The van der Waals surface area contributed by atoms with E-state index in [0.29, 0.717) is 18.0 Å². The van der Waals surface area contributed by atoms with Crippen molar-refractivity contribution in [2.24, 2.45) is 0 Å². The number of hydrogen-bond acceptors (Lipinski definition) is 4. The third kappa shape index (κ3) is 6.23. The van der Waals surface area contributed by atoms with Crippen LogP contribution in [0, 0.1) is 0 Å². The van der Waals surface area contributed by atoms with Crippen LogP contribution in [-0.4, -0.2) is 51.4 Å². The Bertz CT molecular complexity index is 1180. The van der Waals surface area contributed by atoms with Crippen LogP contribution in [0.15, 0.2) is 78.9 Å². The first-order chi connectivity index (χ1) is 17.1. The van der Waals surface area contributed by atoms with Crippen LogP contribution in [0.25, 0.3) is 11.1 Å². The number of ether oxygens (including phenoxy) is 1. The van der Waals surface area contributed by atoms with E-state index in [9.17, 15) is 19.8 Å². The lowest BCUT2D eigenvalue weighted by molar-refractivity contribution is -0.132. The maximum Gasteiger partial charge on any atom is 0.408 e. The molecule has 1 atom stereocenters. The summed E-state index contributed by atoms with van der Waals surface area (Å²) < 4.78 is 5.97. The number of rotatable bonds is 9. The van der Waals surface area contributed by atoms with Crippen LogP contribution >= 0.6 is 0 Å². The Labute approximate surface area is 212 Å². The Morgan fingerprint density at radius 3 is 2.08 bits per heavy atom. The van der Waals surface area contributed by atoms with Gasteiger partial charge in [0.05, 0.1) is 18.9 Å². The van der Waals surface area contributed by atoms with Crippen molar-refractivity contribution >= 4 is 17.7 Å². The van der Waals surface area contributed by atoms with E-state index in [4.69, 9.17) is 4.74 Å². The highest BCUT2D eigenvalue weighted by Crippen LogP contribution is 2.34. The second-order valence-electron chi connectivity index (χ2n) is 9.83. The van der Waals surface area contributed by atoms with Gasteiger partial charge >= 0.3 is 6.09 Å². The second-order valence-corrected chi connectivity index (χ2v) is 9.83. The molecule has 3 aromatic carbocycles. The van der Waals surface area contributed by atoms with Gasteiger partial charge in [-0.3, -0.25) is 9.69 Å². The summed E-state index contributed by atoms with van der Waals surface area (Å²) in [6.07, 6.45) is -0.569. The number of nitrogens with zero attached hydrogens (tertiary/aromatic N) is 1. The van der Waals surface area contributed by atoms with E-state index in [1.54, 1.807) is 26.8 Å². The number of hydrogen-bond donors (Lipinski definition) is 3. The molecule has 0 aromatic heterocycles. The minimum Gasteiger partial charge on any atom is -0.493 e. The molecule has 0 aliphatic rings. The van der Waals surface area contributed by atoms with Crippen molar-refractivity contribution in [1.82, 2.24) is 4.90 Å². The van der Waals surface area contributed by atoms with E-state index in [1.165, 1.54) is 6.92 Å². The van der Waals surface area contributed by atoms with E-state index in [0.717, 1.165) is 28.0 Å². The first-order valence-electron chi connectivity index (χ1n) is 11.9. The number of anilines is 1. The molecule has 0 heterocycles. The van der Waals surface area contributed by atoms with Crippen molar-refractivity contribution in [3.63, 3.8) is 0 Å². The third-order valence-electron chi connectivity index (χ3n) is 5.98. The largest absolute Gasteiger partial charge is 0.493 e. The Morgan fingerprint density at radius 2 is 1.53 bits per heavy atom. The van der Waals surface area contributed by atoms with E-state index in [1.807, 2.05) is 72.8 Å². The van der Waals surface area contributed by atoms with Crippen molar-refractivity contribution < 1.29 is 24.5 Å². The quantitative estimate of drug-likeness (QED) is 0.371. The summed E-state index contributed by atoms with van der Waals surface area (Å²) in [6, 6.07) is 25.0. The molecule has 3 aromatic rings.